The predicted molar refractivity (Wildman–Crippen MR) is 105 cm³/mol. The number of ether oxygens (including phenoxy) is 1. The summed E-state index contributed by atoms with van der Waals surface area (Å²) in [5, 5.41) is 6.59. The first-order valence-corrected chi connectivity index (χ1v) is 9.07. The molecule has 0 fully saturated rings. The van der Waals surface area contributed by atoms with Crippen LogP contribution in [0.5, 0.6) is 0 Å². The van der Waals surface area contributed by atoms with Crippen LogP contribution in [0.4, 0.5) is 4.79 Å². The van der Waals surface area contributed by atoms with Crippen molar-refractivity contribution in [3.63, 3.8) is 0 Å². The molecule has 0 heterocycles. The van der Waals surface area contributed by atoms with Crippen molar-refractivity contribution in [2.24, 2.45) is 5.41 Å². The Morgan fingerprint density at radius 3 is 2.04 bits per heavy atom. The summed E-state index contributed by atoms with van der Waals surface area (Å²) in [5.74, 6) is 0. The molecule has 1 amide bonds. The molecule has 0 bridgehead atoms. The summed E-state index contributed by atoms with van der Waals surface area (Å²) in [7, 11) is 0. The van der Waals surface area contributed by atoms with E-state index in [9.17, 15) is 4.79 Å². The molecule has 4 heteroatoms. The second-order valence-electron chi connectivity index (χ2n) is 9.62. The number of carbonyl (C=O) groups excluding carboxylic acids is 1. The Hall–Kier alpha value is -1.55. The first kappa shape index (κ1) is 21.5. The summed E-state index contributed by atoms with van der Waals surface area (Å²) in [5.41, 5.74) is 0.570. The van der Waals surface area contributed by atoms with Gasteiger partial charge in [-0.3, -0.25) is 0 Å². The number of benzene rings is 1. The lowest BCUT2D eigenvalue weighted by molar-refractivity contribution is 0.0469. The van der Waals surface area contributed by atoms with Crippen LogP contribution in [-0.2, 0) is 4.74 Å². The molecule has 2 N–H and O–H groups in total. The fraction of sp³-hybridized carbons (Fsp3) is 0.667. The molecule has 1 rings (SSSR count). The third kappa shape index (κ3) is 9.49. The van der Waals surface area contributed by atoms with Gasteiger partial charge >= 0.3 is 6.09 Å². The Morgan fingerprint density at radius 1 is 1.00 bits per heavy atom. The minimum Gasteiger partial charge on any atom is -0.444 e. The van der Waals surface area contributed by atoms with Crippen LogP contribution in [0.15, 0.2) is 30.3 Å². The number of alkyl carbamates (subject to hydrolysis) is 1. The van der Waals surface area contributed by atoms with E-state index in [0.29, 0.717) is 6.54 Å². The molecule has 1 atom stereocenters. The van der Waals surface area contributed by atoms with Crippen molar-refractivity contribution in [1.82, 2.24) is 10.6 Å². The molecule has 1 unspecified atom stereocenters. The Labute approximate surface area is 153 Å². The fourth-order valence-corrected chi connectivity index (χ4v) is 2.61. The molecule has 1 aromatic carbocycles. The van der Waals surface area contributed by atoms with Gasteiger partial charge in [0.15, 0.2) is 0 Å². The van der Waals surface area contributed by atoms with Gasteiger partial charge in [0.1, 0.15) is 5.60 Å². The molecule has 0 radical (unpaired) electrons. The van der Waals surface area contributed by atoms with Gasteiger partial charge in [-0.25, -0.2) is 4.79 Å². The van der Waals surface area contributed by atoms with E-state index in [1.165, 1.54) is 5.56 Å². The standard InChI is InChI=1S/C21H36N2O2/c1-19(2,3)14-17(16-12-10-9-11-13-16)22-15-21(7,8)23-18(24)25-20(4,5)6/h9-13,17,22H,14-15H2,1-8H3,(H,23,24). The van der Waals surface area contributed by atoms with E-state index in [1.54, 1.807) is 0 Å². The minimum absolute atomic E-state index is 0.205. The van der Waals surface area contributed by atoms with Crippen LogP contribution in [0.1, 0.15) is 73.4 Å². The lowest BCUT2D eigenvalue weighted by Gasteiger charge is -2.33. The number of nitrogens with one attached hydrogen (secondary N) is 2. The number of hydrogen-bond donors (Lipinski definition) is 2. The molecule has 4 nitrogen and oxygen atoms in total. The summed E-state index contributed by atoms with van der Waals surface area (Å²) in [6.45, 7) is 17.0. The molecular formula is C21H36N2O2. The number of carbonyl (C=O) groups is 1. The summed E-state index contributed by atoms with van der Waals surface area (Å²) < 4.78 is 5.37. The number of amides is 1. The van der Waals surface area contributed by atoms with E-state index in [4.69, 9.17) is 4.74 Å². The lowest BCUT2D eigenvalue weighted by atomic mass is 9.85. The smallest absolute Gasteiger partial charge is 0.408 e. The van der Waals surface area contributed by atoms with Crippen molar-refractivity contribution < 1.29 is 9.53 Å². The van der Waals surface area contributed by atoms with Crippen molar-refractivity contribution in [1.29, 1.82) is 0 Å². The molecule has 25 heavy (non-hydrogen) atoms. The Morgan fingerprint density at radius 2 is 1.56 bits per heavy atom. The zero-order valence-electron chi connectivity index (χ0n) is 17.2. The second-order valence-corrected chi connectivity index (χ2v) is 9.62. The monoisotopic (exact) mass is 348 g/mol. The van der Waals surface area contributed by atoms with Crippen LogP contribution >= 0.6 is 0 Å². The van der Waals surface area contributed by atoms with Gasteiger partial charge in [0, 0.05) is 12.6 Å². The molecule has 0 saturated heterocycles. The van der Waals surface area contributed by atoms with Crippen molar-refractivity contribution in [2.75, 3.05) is 6.54 Å². The maximum Gasteiger partial charge on any atom is 0.408 e. The van der Waals surface area contributed by atoms with Gasteiger partial charge in [-0.1, -0.05) is 51.1 Å². The normalized spacial score (nSPS) is 14.1. The van der Waals surface area contributed by atoms with Crippen molar-refractivity contribution in [3.05, 3.63) is 35.9 Å². The van der Waals surface area contributed by atoms with Crippen molar-refractivity contribution in [3.8, 4) is 0 Å². The van der Waals surface area contributed by atoms with Crippen LogP contribution in [0.3, 0.4) is 0 Å². The zero-order valence-corrected chi connectivity index (χ0v) is 17.2. The number of rotatable bonds is 6. The maximum absolute atomic E-state index is 12.1. The summed E-state index contributed by atoms with van der Waals surface area (Å²) in [6, 6.07) is 10.7. The molecule has 0 aliphatic heterocycles. The first-order chi connectivity index (χ1) is 11.3. The summed E-state index contributed by atoms with van der Waals surface area (Å²) >= 11 is 0. The van der Waals surface area contributed by atoms with E-state index in [0.717, 1.165) is 6.42 Å². The number of hydrogen-bond acceptors (Lipinski definition) is 3. The van der Waals surface area contributed by atoms with Crippen LogP contribution in [0, 0.1) is 5.41 Å². The molecule has 0 spiro atoms. The Kier molecular flexibility index (Phi) is 7.07. The molecule has 0 aromatic heterocycles. The lowest BCUT2D eigenvalue weighted by Crippen LogP contribution is -2.52. The van der Waals surface area contributed by atoms with E-state index < -0.39 is 11.1 Å². The summed E-state index contributed by atoms with van der Waals surface area (Å²) in [4.78, 5) is 12.1. The van der Waals surface area contributed by atoms with Gasteiger partial charge in [-0.2, -0.15) is 0 Å². The van der Waals surface area contributed by atoms with E-state index in [1.807, 2.05) is 40.7 Å². The van der Waals surface area contributed by atoms with Gasteiger partial charge in [0.25, 0.3) is 0 Å². The Bertz CT molecular complexity index is 539. The van der Waals surface area contributed by atoms with Gasteiger partial charge in [-0.05, 0) is 52.0 Å². The topological polar surface area (TPSA) is 50.4 Å². The Balaban J connectivity index is 2.73. The predicted octanol–water partition coefficient (Wildman–Crippen LogP) is 5.06. The minimum atomic E-state index is -0.494. The van der Waals surface area contributed by atoms with E-state index >= 15 is 0 Å². The highest BCUT2D eigenvalue weighted by molar-refractivity contribution is 5.68. The third-order valence-corrected chi connectivity index (χ3v) is 3.65. The maximum atomic E-state index is 12.1. The molecule has 0 aliphatic carbocycles. The summed E-state index contributed by atoms with van der Waals surface area (Å²) in [6.07, 6.45) is 0.630. The molecule has 0 aliphatic rings. The van der Waals surface area contributed by atoms with Gasteiger partial charge in [0.05, 0.1) is 5.54 Å². The van der Waals surface area contributed by atoms with Crippen LogP contribution in [-0.4, -0.2) is 23.8 Å². The largest absolute Gasteiger partial charge is 0.444 e. The van der Waals surface area contributed by atoms with Gasteiger partial charge in [0.2, 0.25) is 0 Å². The highest BCUT2D eigenvalue weighted by Crippen LogP contribution is 2.29. The van der Waals surface area contributed by atoms with E-state index in [-0.39, 0.29) is 17.6 Å². The average Bonchev–Trinajstić information content (AvgIpc) is 2.40. The third-order valence-electron chi connectivity index (χ3n) is 3.65. The fourth-order valence-electron chi connectivity index (χ4n) is 2.61. The molecular weight excluding hydrogens is 312 g/mol. The molecule has 142 valence electrons. The highest BCUT2D eigenvalue weighted by Gasteiger charge is 2.27. The first-order valence-electron chi connectivity index (χ1n) is 9.07. The van der Waals surface area contributed by atoms with Crippen LogP contribution < -0.4 is 10.6 Å². The van der Waals surface area contributed by atoms with Crippen LogP contribution in [0.25, 0.3) is 0 Å². The quantitative estimate of drug-likeness (QED) is 0.756. The molecule has 1 aromatic rings. The molecule has 0 saturated carbocycles. The van der Waals surface area contributed by atoms with Crippen LogP contribution in [0.2, 0.25) is 0 Å². The average molecular weight is 349 g/mol. The van der Waals surface area contributed by atoms with Crippen molar-refractivity contribution >= 4 is 6.09 Å². The second kappa shape index (κ2) is 8.22. The zero-order chi connectivity index (χ0) is 19.3. The van der Waals surface area contributed by atoms with Gasteiger partial charge in [-0.15, -0.1) is 0 Å². The highest BCUT2D eigenvalue weighted by atomic mass is 16.6. The SMILES string of the molecule is CC(C)(C)CC(NCC(C)(C)NC(=O)OC(C)(C)C)c1ccccc1. The van der Waals surface area contributed by atoms with E-state index in [2.05, 4.69) is 55.7 Å². The van der Waals surface area contributed by atoms with Crippen molar-refractivity contribution in [2.45, 2.75) is 79.0 Å². The van der Waals surface area contributed by atoms with Gasteiger partial charge < -0.3 is 15.4 Å².